The minimum atomic E-state index is -0.330. The summed E-state index contributed by atoms with van der Waals surface area (Å²) in [4.78, 5) is 18.5. The van der Waals surface area contributed by atoms with E-state index in [1.54, 1.807) is 39.6 Å². The zero-order valence-corrected chi connectivity index (χ0v) is 20.9. The van der Waals surface area contributed by atoms with Crippen LogP contribution in [0.25, 0.3) is 27.9 Å². The first-order valence-corrected chi connectivity index (χ1v) is 12.2. The Labute approximate surface area is 214 Å². The van der Waals surface area contributed by atoms with E-state index >= 15 is 0 Å². The first-order valence-electron chi connectivity index (χ1n) is 10.3. The summed E-state index contributed by atoms with van der Waals surface area (Å²) in [5.74, 6) is -0.141. The van der Waals surface area contributed by atoms with Gasteiger partial charge in [-0.15, -0.1) is 11.3 Å². The normalized spacial score (nSPS) is 11.3. The fraction of sp³-hybridized carbons (Fsp3) is 0.0800. The summed E-state index contributed by atoms with van der Waals surface area (Å²) in [6.45, 7) is 2.20. The van der Waals surface area contributed by atoms with Crippen LogP contribution in [0.3, 0.4) is 0 Å². The van der Waals surface area contributed by atoms with Gasteiger partial charge in [0.1, 0.15) is 6.54 Å². The number of aryl methyl sites for hydroxylation is 1. The summed E-state index contributed by atoms with van der Waals surface area (Å²) >= 11 is 20.0. The third kappa shape index (κ3) is 3.97. The van der Waals surface area contributed by atoms with Gasteiger partial charge in [-0.3, -0.25) is 0 Å². The Bertz CT molecular complexity index is 1630. The van der Waals surface area contributed by atoms with E-state index in [-0.39, 0.29) is 17.0 Å². The molecular weight excluding hydrogens is 513 g/mol. The quantitative estimate of drug-likeness (QED) is 0.274. The lowest BCUT2D eigenvalue weighted by molar-refractivity contribution is -0.532. The standard InChI is InChI=1S/C25H16Cl3N3O2S/c1-14-5-4-10-30-22(14)31(13-17-12-29-25(28)34-17)24(33)20(23(30)32)16-7-2-6-15(11-16)18-8-3-9-19(26)21(18)27/h2-12H,13H2,1H3/p+1. The summed E-state index contributed by atoms with van der Waals surface area (Å²) in [6, 6.07) is 16.4. The predicted molar refractivity (Wildman–Crippen MR) is 137 cm³/mol. The first-order chi connectivity index (χ1) is 16.3. The molecule has 0 spiro atoms. The van der Waals surface area contributed by atoms with Gasteiger partial charge in [0.05, 0.1) is 21.1 Å². The molecule has 5 nitrogen and oxygen atoms in total. The predicted octanol–water partition coefficient (Wildman–Crippen LogP) is 6.40. The number of fused-ring (bicyclic) bond motifs is 1. The Hall–Kier alpha value is -2.90. The molecule has 0 saturated heterocycles. The molecule has 5 rings (SSSR count). The smallest absolute Gasteiger partial charge is 0.354 e. The lowest BCUT2D eigenvalue weighted by Gasteiger charge is -2.12. The number of nitrogens with zero attached hydrogens (tertiary/aromatic N) is 3. The summed E-state index contributed by atoms with van der Waals surface area (Å²) in [6.07, 6.45) is 3.36. The van der Waals surface area contributed by atoms with E-state index < -0.39 is 0 Å². The van der Waals surface area contributed by atoms with Gasteiger partial charge in [-0.1, -0.05) is 65.1 Å². The second-order valence-electron chi connectivity index (χ2n) is 7.74. The van der Waals surface area contributed by atoms with Crippen LogP contribution in [-0.2, 0) is 6.54 Å². The van der Waals surface area contributed by atoms with E-state index in [1.807, 2.05) is 43.3 Å². The number of thiazole rings is 1. The number of hydrogen-bond acceptors (Lipinski definition) is 4. The molecule has 3 heterocycles. The molecule has 0 saturated carbocycles. The Balaban J connectivity index is 1.77. The Morgan fingerprint density at radius 1 is 1.06 bits per heavy atom. The number of pyridine rings is 1. The average Bonchev–Trinajstić information content (AvgIpc) is 3.23. The Morgan fingerprint density at radius 3 is 2.59 bits per heavy atom. The van der Waals surface area contributed by atoms with Crippen LogP contribution in [0.15, 0.2) is 71.8 Å². The second kappa shape index (κ2) is 9.04. The van der Waals surface area contributed by atoms with Crippen LogP contribution in [0.2, 0.25) is 14.5 Å². The van der Waals surface area contributed by atoms with E-state index in [9.17, 15) is 9.90 Å². The van der Waals surface area contributed by atoms with Crippen LogP contribution in [0.1, 0.15) is 10.4 Å². The summed E-state index contributed by atoms with van der Waals surface area (Å²) in [5.41, 5.74) is 3.35. The molecule has 3 aromatic heterocycles. The maximum Gasteiger partial charge on any atom is 0.354 e. The van der Waals surface area contributed by atoms with Crippen LogP contribution in [-0.4, -0.2) is 14.7 Å². The highest BCUT2D eigenvalue weighted by Gasteiger charge is 2.27. The number of rotatable bonds is 4. The van der Waals surface area contributed by atoms with Crippen molar-refractivity contribution in [3.63, 3.8) is 0 Å². The topological polar surface area (TPSA) is 59.2 Å². The molecule has 0 bridgehead atoms. The van der Waals surface area contributed by atoms with Crippen molar-refractivity contribution in [2.24, 2.45) is 0 Å². The second-order valence-corrected chi connectivity index (χ2v) is 10.2. The molecule has 5 aromatic rings. The molecule has 0 unspecified atom stereocenters. The number of benzene rings is 2. The van der Waals surface area contributed by atoms with Gasteiger partial charge in [0.15, 0.2) is 10.0 Å². The van der Waals surface area contributed by atoms with Crippen molar-refractivity contribution in [2.45, 2.75) is 13.5 Å². The van der Waals surface area contributed by atoms with Crippen LogP contribution in [0.5, 0.6) is 5.88 Å². The Morgan fingerprint density at radius 2 is 1.82 bits per heavy atom. The Kier molecular flexibility index (Phi) is 6.08. The highest BCUT2D eigenvalue weighted by atomic mass is 35.5. The van der Waals surface area contributed by atoms with Gasteiger partial charge in [-0.05, 0) is 42.3 Å². The molecule has 0 aliphatic heterocycles. The fourth-order valence-electron chi connectivity index (χ4n) is 4.05. The van der Waals surface area contributed by atoms with Crippen LogP contribution in [0, 0.1) is 6.92 Å². The number of halogens is 3. The van der Waals surface area contributed by atoms with Crippen molar-refractivity contribution >= 4 is 51.8 Å². The van der Waals surface area contributed by atoms with Gasteiger partial charge in [-0.25, -0.2) is 9.78 Å². The minimum Gasteiger partial charge on any atom is -0.477 e. The average molecular weight is 530 g/mol. The number of hydrogen-bond donors (Lipinski definition) is 1. The van der Waals surface area contributed by atoms with Crippen molar-refractivity contribution in [3.8, 4) is 28.1 Å². The van der Waals surface area contributed by atoms with Gasteiger partial charge in [0.2, 0.25) is 0 Å². The van der Waals surface area contributed by atoms with E-state index in [0.717, 1.165) is 21.6 Å². The lowest BCUT2D eigenvalue weighted by Crippen LogP contribution is -2.44. The summed E-state index contributed by atoms with van der Waals surface area (Å²) < 4.78 is 3.66. The van der Waals surface area contributed by atoms with Crippen molar-refractivity contribution in [1.29, 1.82) is 0 Å². The van der Waals surface area contributed by atoms with Gasteiger partial charge in [-0.2, -0.15) is 8.97 Å². The molecule has 0 aliphatic rings. The summed E-state index contributed by atoms with van der Waals surface area (Å²) in [7, 11) is 0. The number of aromatic nitrogens is 3. The first kappa shape index (κ1) is 22.9. The largest absolute Gasteiger partial charge is 0.477 e. The maximum absolute atomic E-state index is 13.6. The van der Waals surface area contributed by atoms with E-state index in [4.69, 9.17) is 34.8 Å². The van der Waals surface area contributed by atoms with Gasteiger partial charge in [0.25, 0.3) is 11.5 Å². The van der Waals surface area contributed by atoms with Crippen LogP contribution < -0.4 is 9.96 Å². The zero-order chi connectivity index (χ0) is 24.0. The zero-order valence-electron chi connectivity index (χ0n) is 17.8. The highest BCUT2D eigenvalue weighted by Crippen LogP contribution is 2.36. The minimum absolute atomic E-state index is 0.141. The van der Waals surface area contributed by atoms with Gasteiger partial charge < -0.3 is 5.11 Å². The SMILES string of the molecule is Cc1ccc[n+]2c(=O)c(-c3cccc(-c4cccc(Cl)c4Cl)c3)c(O)n(Cc3cnc(Cl)s3)c12. The highest BCUT2D eigenvalue weighted by molar-refractivity contribution is 7.15. The third-order valence-corrected chi connectivity index (χ3v) is 7.50. The van der Waals surface area contributed by atoms with E-state index in [1.165, 1.54) is 11.3 Å². The molecular formula is C25H17Cl3N3O2S+. The monoisotopic (exact) mass is 528 g/mol. The molecule has 2 aromatic carbocycles. The lowest BCUT2D eigenvalue weighted by atomic mass is 10.00. The fourth-order valence-corrected chi connectivity index (χ4v) is 5.43. The molecule has 9 heteroatoms. The number of aromatic hydroxyl groups is 1. The molecule has 1 N–H and O–H groups in total. The molecule has 0 aliphatic carbocycles. The third-order valence-electron chi connectivity index (χ3n) is 5.58. The van der Waals surface area contributed by atoms with Crippen LogP contribution in [0.4, 0.5) is 0 Å². The van der Waals surface area contributed by atoms with Gasteiger partial charge >= 0.3 is 5.56 Å². The van der Waals surface area contributed by atoms with Crippen molar-refractivity contribution in [1.82, 2.24) is 9.55 Å². The summed E-state index contributed by atoms with van der Waals surface area (Å²) in [5, 5.41) is 12.3. The van der Waals surface area contributed by atoms with Gasteiger partial charge in [0, 0.05) is 17.3 Å². The van der Waals surface area contributed by atoms with E-state index in [2.05, 4.69) is 4.98 Å². The molecule has 34 heavy (non-hydrogen) atoms. The molecule has 0 atom stereocenters. The van der Waals surface area contributed by atoms with E-state index in [0.29, 0.717) is 32.3 Å². The molecule has 0 fully saturated rings. The van der Waals surface area contributed by atoms with Crippen molar-refractivity contribution in [3.05, 3.63) is 102 Å². The van der Waals surface area contributed by atoms with Crippen molar-refractivity contribution < 1.29 is 9.51 Å². The molecule has 0 radical (unpaired) electrons. The van der Waals surface area contributed by atoms with Crippen molar-refractivity contribution in [2.75, 3.05) is 0 Å². The molecule has 0 amide bonds. The van der Waals surface area contributed by atoms with Crippen LogP contribution >= 0.6 is 46.1 Å². The molecule has 170 valence electrons. The maximum atomic E-state index is 13.6.